The van der Waals surface area contributed by atoms with E-state index in [1.165, 1.54) is 37.3 Å². The number of hydrogen-bond donors (Lipinski definition) is 2. The number of aromatic nitrogens is 1. The molecular weight excluding hydrogens is 691 g/mol. The maximum Gasteiger partial charge on any atom is 0.573 e. The summed E-state index contributed by atoms with van der Waals surface area (Å²) in [5, 5.41) is 7.49. The van der Waals surface area contributed by atoms with Crippen LogP contribution in [0.3, 0.4) is 0 Å². The Hall–Kier alpha value is -4.27. The number of carbonyl (C=O) groups excluding carboxylic acids is 1. The summed E-state index contributed by atoms with van der Waals surface area (Å²) in [5.41, 5.74) is 1.05. The van der Waals surface area contributed by atoms with Gasteiger partial charge in [-0.3, -0.25) is 9.52 Å². The molecule has 15 heteroatoms. The highest BCUT2D eigenvalue weighted by Crippen LogP contribution is 2.40. The van der Waals surface area contributed by atoms with Crippen molar-refractivity contribution >= 4 is 60.3 Å². The number of nitrogens with one attached hydrogen (secondary N) is 2. The maximum atomic E-state index is 13.4. The fraction of sp³-hybridized carbons (Fsp3) is 0.273. The number of amides is 1. The third kappa shape index (κ3) is 7.88. The van der Waals surface area contributed by atoms with Crippen LogP contribution < -0.4 is 19.5 Å². The second kappa shape index (κ2) is 13.0. The minimum atomic E-state index is -4.90. The van der Waals surface area contributed by atoms with Crippen LogP contribution in [-0.4, -0.2) is 31.9 Å². The summed E-state index contributed by atoms with van der Waals surface area (Å²) < 4.78 is 83.5. The van der Waals surface area contributed by atoms with Gasteiger partial charge in [-0.2, -0.15) is 0 Å². The molecule has 2 N–H and O–H groups in total. The van der Waals surface area contributed by atoms with Gasteiger partial charge in [-0.1, -0.05) is 30.6 Å². The number of hydrogen-bond acceptors (Lipinski definition) is 8. The second-order valence-corrected chi connectivity index (χ2v) is 15.0. The minimum absolute atomic E-state index is 0.0382. The number of ether oxygens (including phenoxy) is 2. The first-order valence-electron chi connectivity index (χ1n) is 14.5. The Balaban J connectivity index is 1.40. The maximum absolute atomic E-state index is 13.4. The van der Waals surface area contributed by atoms with Gasteiger partial charge in [-0.05, 0) is 98.8 Å². The summed E-state index contributed by atoms with van der Waals surface area (Å²) in [4.78, 5) is 13.7. The van der Waals surface area contributed by atoms with Gasteiger partial charge < -0.3 is 19.3 Å². The number of sulfonamides is 1. The number of rotatable bonds is 10. The van der Waals surface area contributed by atoms with Crippen LogP contribution >= 0.6 is 22.9 Å². The molecule has 0 bridgehead atoms. The van der Waals surface area contributed by atoms with Crippen molar-refractivity contribution < 1.29 is 40.4 Å². The van der Waals surface area contributed by atoms with Gasteiger partial charge >= 0.3 is 6.36 Å². The van der Waals surface area contributed by atoms with Crippen LogP contribution in [-0.2, 0) is 15.4 Å². The lowest BCUT2D eigenvalue weighted by molar-refractivity contribution is -0.274. The van der Waals surface area contributed by atoms with Crippen LogP contribution in [0, 0.1) is 13.8 Å². The number of thiophene rings is 1. The van der Waals surface area contributed by atoms with Gasteiger partial charge in [-0.25, -0.2) is 8.42 Å². The SMILES string of the molecule is Cc1noc(C)c1S(=O)(=O)Nc1ccc2sc(C(=O)Nc3cc(Cl)cc(C(C)(C)c4cc(OC(C)C)cc(OC(F)(F)F)c4)c3)cc2c1. The molecule has 2 heterocycles. The zero-order chi connectivity index (χ0) is 35.2. The highest BCUT2D eigenvalue weighted by atomic mass is 35.5. The van der Waals surface area contributed by atoms with E-state index < -0.39 is 33.5 Å². The van der Waals surface area contributed by atoms with Gasteiger partial charge in [0, 0.05) is 32.6 Å². The third-order valence-electron chi connectivity index (χ3n) is 7.31. The van der Waals surface area contributed by atoms with Gasteiger partial charge in [0.25, 0.3) is 15.9 Å². The van der Waals surface area contributed by atoms with Crippen molar-refractivity contribution in [3.8, 4) is 11.5 Å². The molecule has 9 nitrogen and oxygen atoms in total. The Morgan fingerprint density at radius 2 is 1.65 bits per heavy atom. The van der Waals surface area contributed by atoms with E-state index in [0.29, 0.717) is 37.8 Å². The minimum Gasteiger partial charge on any atom is -0.491 e. The van der Waals surface area contributed by atoms with E-state index in [0.717, 1.165) is 4.70 Å². The standard InChI is InChI=1S/C33H31ClF3N3O6S2/c1-17(2)44-26-13-22(14-27(16-26)45-33(35,36)37)32(5,6)21-11-23(34)15-25(12-21)38-31(41)29-10-20-9-24(7-8-28(20)47-29)40-48(42,43)30-18(3)39-46-19(30)4/h7-17,40H,1-6H3,(H,38,41). The monoisotopic (exact) mass is 721 g/mol. The summed E-state index contributed by atoms with van der Waals surface area (Å²) in [5.74, 6) is -0.496. The number of aryl methyl sites for hydroxylation is 2. The summed E-state index contributed by atoms with van der Waals surface area (Å²) in [7, 11) is -3.97. The van der Waals surface area contributed by atoms with Crippen LogP contribution in [0.1, 0.15) is 59.9 Å². The van der Waals surface area contributed by atoms with Gasteiger partial charge in [0.15, 0.2) is 10.7 Å². The van der Waals surface area contributed by atoms with E-state index in [4.69, 9.17) is 20.9 Å². The van der Waals surface area contributed by atoms with Crippen molar-refractivity contribution in [2.24, 2.45) is 0 Å². The fourth-order valence-corrected chi connectivity index (χ4v) is 7.69. The molecule has 48 heavy (non-hydrogen) atoms. The largest absolute Gasteiger partial charge is 0.573 e. The molecule has 0 saturated carbocycles. The topological polar surface area (TPSA) is 120 Å². The molecule has 5 aromatic rings. The van der Waals surface area contributed by atoms with E-state index in [1.807, 2.05) is 0 Å². The van der Waals surface area contributed by atoms with Crippen LogP contribution in [0.2, 0.25) is 5.02 Å². The first-order chi connectivity index (χ1) is 22.3. The number of halogens is 4. The average Bonchev–Trinajstić information content (AvgIpc) is 3.53. The summed E-state index contributed by atoms with van der Waals surface area (Å²) in [6.45, 7) is 10.2. The average molecular weight is 722 g/mol. The molecule has 0 spiro atoms. The Bertz CT molecular complexity index is 2110. The van der Waals surface area contributed by atoms with Gasteiger partial charge in [0.1, 0.15) is 17.2 Å². The Kier molecular flexibility index (Phi) is 9.47. The molecular formula is C33H31ClF3N3O6S2. The second-order valence-electron chi connectivity index (χ2n) is 11.8. The van der Waals surface area contributed by atoms with Crippen molar-refractivity contribution in [1.82, 2.24) is 5.16 Å². The van der Waals surface area contributed by atoms with Crippen LogP contribution in [0.4, 0.5) is 24.5 Å². The molecule has 0 radical (unpaired) electrons. The molecule has 5 rings (SSSR count). The molecule has 0 saturated heterocycles. The van der Waals surface area contributed by atoms with Gasteiger partial charge in [0.2, 0.25) is 0 Å². The lowest BCUT2D eigenvalue weighted by Crippen LogP contribution is -2.22. The third-order valence-corrected chi connectivity index (χ3v) is 10.3. The molecule has 0 unspecified atom stereocenters. The number of fused-ring (bicyclic) bond motifs is 1. The van der Waals surface area contributed by atoms with Crippen LogP contribution in [0.15, 0.2) is 70.1 Å². The van der Waals surface area contributed by atoms with E-state index in [-0.39, 0.29) is 28.2 Å². The molecule has 2 aromatic heterocycles. The van der Waals surface area contributed by atoms with Gasteiger partial charge in [-0.15, -0.1) is 24.5 Å². The molecule has 0 aliphatic heterocycles. The van der Waals surface area contributed by atoms with Crippen molar-refractivity contribution in [2.75, 3.05) is 10.0 Å². The number of alkyl halides is 3. The molecule has 0 aliphatic carbocycles. The van der Waals surface area contributed by atoms with Crippen molar-refractivity contribution in [3.05, 3.63) is 93.1 Å². The first kappa shape index (κ1) is 35.0. The number of nitrogens with zero attached hydrogens (tertiary/aromatic N) is 1. The highest BCUT2D eigenvalue weighted by Gasteiger charge is 2.33. The fourth-order valence-electron chi connectivity index (χ4n) is 5.13. The quantitative estimate of drug-likeness (QED) is 0.148. The van der Waals surface area contributed by atoms with Crippen LogP contribution in [0.25, 0.3) is 10.1 Å². The summed E-state index contributed by atoms with van der Waals surface area (Å²) in [6, 6.07) is 15.6. The van der Waals surface area contributed by atoms with Crippen LogP contribution in [0.5, 0.6) is 11.5 Å². The Morgan fingerprint density at radius 1 is 0.958 bits per heavy atom. The molecule has 0 fully saturated rings. The van der Waals surface area contributed by atoms with Crippen molar-refractivity contribution in [2.45, 2.75) is 64.3 Å². The Labute approximate surface area is 284 Å². The molecule has 254 valence electrons. The summed E-state index contributed by atoms with van der Waals surface area (Å²) >= 11 is 7.68. The lowest BCUT2D eigenvalue weighted by atomic mass is 9.78. The zero-order valence-electron chi connectivity index (χ0n) is 26.6. The molecule has 0 atom stereocenters. The normalized spacial score (nSPS) is 12.4. The first-order valence-corrected chi connectivity index (χ1v) is 17.2. The van der Waals surface area contributed by atoms with Crippen molar-refractivity contribution in [3.63, 3.8) is 0 Å². The number of carbonyl (C=O) groups is 1. The highest BCUT2D eigenvalue weighted by molar-refractivity contribution is 7.92. The zero-order valence-corrected chi connectivity index (χ0v) is 29.0. The van der Waals surface area contributed by atoms with E-state index in [9.17, 15) is 26.4 Å². The molecule has 1 amide bonds. The number of benzene rings is 3. The van der Waals surface area contributed by atoms with Gasteiger partial charge in [0.05, 0.1) is 11.0 Å². The smallest absolute Gasteiger partial charge is 0.491 e. The predicted molar refractivity (Wildman–Crippen MR) is 179 cm³/mol. The molecule has 3 aromatic carbocycles. The Morgan fingerprint density at radius 3 is 2.29 bits per heavy atom. The van der Waals surface area contributed by atoms with E-state index in [2.05, 4.69) is 19.9 Å². The van der Waals surface area contributed by atoms with E-state index in [1.54, 1.807) is 76.2 Å². The lowest BCUT2D eigenvalue weighted by Gasteiger charge is -2.28. The summed E-state index contributed by atoms with van der Waals surface area (Å²) in [6.07, 6.45) is -5.20. The van der Waals surface area contributed by atoms with Crippen molar-refractivity contribution in [1.29, 1.82) is 0 Å². The number of anilines is 2. The van der Waals surface area contributed by atoms with E-state index >= 15 is 0 Å². The molecule has 0 aliphatic rings. The predicted octanol–water partition coefficient (Wildman–Crippen LogP) is 9.22.